The summed E-state index contributed by atoms with van der Waals surface area (Å²) in [6, 6.07) is 6.60. The number of methoxy groups -OCH3 is 1. The molecule has 0 spiro atoms. The fourth-order valence-corrected chi connectivity index (χ4v) is 3.24. The van der Waals surface area contributed by atoms with Crippen molar-refractivity contribution in [1.29, 1.82) is 0 Å². The molecule has 144 valence electrons. The van der Waals surface area contributed by atoms with Gasteiger partial charge < -0.3 is 9.84 Å². The fraction of sp³-hybridized carbons (Fsp3) is 0.421. The number of hydrazone groups is 1. The maximum absolute atomic E-state index is 12.3. The Morgan fingerprint density at radius 1 is 1.11 bits per heavy atom. The first-order valence-electron chi connectivity index (χ1n) is 9.04. The van der Waals surface area contributed by atoms with Crippen LogP contribution in [0, 0.1) is 0 Å². The van der Waals surface area contributed by atoms with E-state index in [-0.39, 0.29) is 5.56 Å². The molecule has 0 bridgehead atoms. The van der Waals surface area contributed by atoms with E-state index in [2.05, 4.69) is 10.1 Å². The zero-order valence-electron chi connectivity index (χ0n) is 15.6. The van der Waals surface area contributed by atoms with E-state index in [1.54, 1.807) is 38.3 Å². The Bertz CT molecular complexity index is 936. The molecule has 0 radical (unpaired) electrons. The van der Waals surface area contributed by atoms with Crippen LogP contribution in [0.4, 0.5) is 0 Å². The van der Waals surface area contributed by atoms with Crippen LogP contribution in [0.2, 0.25) is 0 Å². The Labute approximate surface area is 156 Å². The highest BCUT2D eigenvalue weighted by Crippen LogP contribution is 2.20. The van der Waals surface area contributed by atoms with Crippen molar-refractivity contribution in [3.8, 4) is 17.3 Å². The molecule has 1 aliphatic rings. The van der Waals surface area contributed by atoms with E-state index in [9.17, 15) is 14.7 Å². The number of hydrogen-bond acceptors (Lipinski definition) is 6. The van der Waals surface area contributed by atoms with Crippen molar-refractivity contribution in [2.45, 2.75) is 32.6 Å². The molecule has 27 heavy (non-hydrogen) atoms. The number of nitrogens with one attached hydrogen (secondary N) is 1. The SMILES string of the molecule is COc1ccc(-n2c(O)c(C(C)=NN3CCCCCC3)c(=O)[nH]c2=O)cc1. The first-order valence-corrected chi connectivity index (χ1v) is 9.04. The van der Waals surface area contributed by atoms with E-state index in [1.807, 2.05) is 5.01 Å². The highest BCUT2D eigenvalue weighted by atomic mass is 16.5. The van der Waals surface area contributed by atoms with E-state index >= 15 is 0 Å². The monoisotopic (exact) mass is 372 g/mol. The lowest BCUT2D eigenvalue weighted by Gasteiger charge is -2.18. The minimum atomic E-state index is -0.714. The van der Waals surface area contributed by atoms with Gasteiger partial charge in [-0.05, 0) is 44.0 Å². The Balaban J connectivity index is 2.05. The molecule has 1 aliphatic heterocycles. The first-order chi connectivity index (χ1) is 13.0. The molecule has 8 heteroatoms. The minimum absolute atomic E-state index is 0.00494. The molecular formula is C19H24N4O4. The quantitative estimate of drug-likeness (QED) is 0.798. The van der Waals surface area contributed by atoms with Gasteiger partial charge in [-0.3, -0.25) is 14.8 Å². The van der Waals surface area contributed by atoms with Crippen LogP contribution >= 0.6 is 0 Å². The summed E-state index contributed by atoms with van der Waals surface area (Å²) in [6.45, 7) is 3.29. The number of H-pyrrole nitrogens is 1. The third-order valence-electron chi connectivity index (χ3n) is 4.65. The molecule has 2 aromatic rings. The van der Waals surface area contributed by atoms with Crippen LogP contribution in [0.25, 0.3) is 5.69 Å². The van der Waals surface area contributed by atoms with Gasteiger partial charge in [-0.15, -0.1) is 0 Å². The number of benzene rings is 1. The van der Waals surface area contributed by atoms with Gasteiger partial charge in [-0.1, -0.05) is 12.8 Å². The third kappa shape index (κ3) is 4.05. The number of ether oxygens (including phenoxy) is 1. The minimum Gasteiger partial charge on any atom is -0.497 e. The highest BCUT2D eigenvalue weighted by molar-refractivity contribution is 6.00. The van der Waals surface area contributed by atoms with Crippen LogP contribution in [0.15, 0.2) is 39.0 Å². The summed E-state index contributed by atoms with van der Waals surface area (Å²) in [7, 11) is 1.54. The van der Waals surface area contributed by atoms with E-state index < -0.39 is 17.1 Å². The second-order valence-electron chi connectivity index (χ2n) is 6.54. The largest absolute Gasteiger partial charge is 0.497 e. The number of nitrogens with zero attached hydrogens (tertiary/aromatic N) is 3. The van der Waals surface area contributed by atoms with Crippen molar-refractivity contribution < 1.29 is 9.84 Å². The summed E-state index contributed by atoms with van der Waals surface area (Å²) >= 11 is 0. The zero-order chi connectivity index (χ0) is 19.4. The predicted octanol–water partition coefficient (Wildman–Crippen LogP) is 1.84. The number of aromatic hydroxyl groups is 1. The molecule has 8 nitrogen and oxygen atoms in total. The van der Waals surface area contributed by atoms with Crippen molar-refractivity contribution in [3.05, 3.63) is 50.7 Å². The first kappa shape index (κ1) is 18.8. The second kappa shape index (κ2) is 8.11. The average Bonchev–Trinajstić information content (AvgIpc) is 2.90. The van der Waals surface area contributed by atoms with E-state index in [4.69, 9.17) is 4.74 Å². The van der Waals surface area contributed by atoms with Gasteiger partial charge in [-0.25, -0.2) is 9.36 Å². The molecule has 1 aromatic heterocycles. The van der Waals surface area contributed by atoms with Crippen molar-refractivity contribution >= 4 is 5.71 Å². The Morgan fingerprint density at radius 2 is 1.74 bits per heavy atom. The van der Waals surface area contributed by atoms with Gasteiger partial charge in [0.15, 0.2) is 0 Å². The highest BCUT2D eigenvalue weighted by Gasteiger charge is 2.19. The summed E-state index contributed by atoms with van der Waals surface area (Å²) in [5, 5.41) is 17.1. The smallest absolute Gasteiger partial charge is 0.335 e. The van der Waals surface area contributed by atoms with Gasteiger partial charge in [0.25, 0.3) is 5.56 Å². The van der Waals surface area contributed by atoms with Crippen molar-refractivity contribution in [3.63, 3.8) is 0 Å². The third-order valence-corrected chi connectivity index (χ3v) is 4.65. The number of aromatic nitrogens is 2. The van der Waals surface area contributed by atoms with E-state index in [0.717, 1.165) is 30.5 Å². The normalized spacial score (nSPS) is 15.5. The predicted molar refractivity (Wildman–Crippen MR) is 103 cm³/mol. The Hall–Kier alpha value is -3.03. The number of aromatic amines is 1. The van der Waals surface area contributed by atoms with Gasteiger partial charge in [0, 0.05) is 13.1 Å². The van der Waals surface area contributed by atoms with Crippen LogP contribution < -0.4 is 16.0 Å². The fourth-order valence-electron chi connectivity index (χ4n) is 3.24. The van der Waals surface area contributed by atoms with Crippen LogP contribution in [0.1, 0.15) is 38.2 Å². The molecule has 0 unspecified atom stereocenters. The zero-order valence-corrected chi connectivity index (χ0v) is 15.6. The summed E-state index contributed by atoms with van der Waals surface area (Å²) in [5.74, 6) is 0.194. The topological polar surface area (TPSA) is 99.9 Å². The van der Waals surface area contributed by atoms with Crippen LogP contribution in [-0.2, 0) is 0 Å². The van der Waals surface area contributed by atoms with Crippen LogP contribution in [0.5, 0.6) is 11.6 Å². The number of rotatable bonds is 4. The lowest BCUT2D eigenvalue weighted by molar-refractivity contribution is 0.300. The molecular weight excluding hydrogens is 348 g/mol. The van der Waals surface area contributed by atoms with Crippen LogP contribution in [-0.4, -0.2) is 45.6 Å². The molecule has 1 fully saturated rings. The summed E-state index contributed by atoms with van der Waals surface area (Å²) in [5.41, 5.74) is -0.585. The summed E-state index contributed by atoms with van der Waals surface area (Å²) in [4.78, 5) is 26.9. The van der Waals surface area contributed by atoms with E-state index in [1.165, 1.54) is 12.8 Å². The Kier molecular flexibility index (Phi) is 5.63. The van der Waals surface area contributed by atoms with E-state index in [0.29, 0.717) is 17.1 Å². The van der Waals surface area contributed by atoms with Crippen molar-refractivity contribution in [1.82, 2.24) is 14.6 Å². The van der Waals surface area contributed by atoms with Gasteiger partial charge in [0.2, 0.25) is 5.88 Å². The molecule has 0 aliphatic carbocycles. The molecule has 0 amide bonds. The maximum Gasteiger partial charge on any atom is 0.335 e. The Morgan fingerprint density at radius 3 is 2.33 bits per heavy atom. The molecule has 2 heterocycles. The molecule has 2 N–H and O–H groups in total. The lowest BCUT2D eigenvalue weighted by atomic mass is 10.2. The molecule has 3 rings (SSSR count). The van der Waals surface area contributed by atoms with Crippen molar-refractivity contribution in [2.24, 2.45) is 5.10 Å². The second-order valence-corrected chi connectivity index (χ2v) is 6.54. The maximum atomic E-state index is 12.3. The molecule has 0 saturated carbocycles. The van der Waals surface area contributed by atoms with Crippen LogP contribution in [0.3, 0.4) is 0 Å². The molecule has 1 saturated heterocycles. The molecule has 1 aromatic carbocycles. The summed E-state index contributed by atoms with van der Waals surface area (Å²) in [6.07, 6.45) is 4.42. The van der Waals surface area contributed by atoms with Gasteiger partial charge in [-0.2, -0.15) is 5.10 Å². The van der Waals surface area contributed by atoms with Gasteiger partial charge >= 0.3 is 5.69 Å². The standard InChI is InChI=1S/C19H24N4O4/c1-13(21-22-11-5-3-4-6-12-22)16-17(24)20-19(26)23(18(16)25)14-7-9-15(27-2)10-8-14/h7-10,25H,3-6,11-12H2,1-2H3,(H,20,24,26). The van der Waals surface area contributed by atoms with Gasteiger partial charge in [0.05, 0.1) is 18.5 Å². The lowest BCUT2D eigenvalue weighted by Crippen LogP contribution is -2.33. The summed E-state index contributed by atoms with van der Waals surface area (Å²) < 4.78 is 6.16. The number of hydrogen-bond donors (Lipinski definition) is 2. The average molecular weight is 372 g/mol. The molecule has 0 atom stereocenters. The van der Waals surface area contributed by atoms with Crippen molar-refractivity contribution in [2.75, 3.05) is 20.2 Å². The van der Waals surface area contributed by atoms with Gasteiger partial charge in [0.1, 0.15) is 11.3 Å².